The van der Waals surface area contributed by atoms with Crippen LogP contribution in [0.25, 0.3) is 0 Å². The zero-order chi connectivity index (χ0) is 12.3. The van der Waals surface area contributed by atoms with Crippen LogP contribution in [0.1, 0.15) is 30.6 Å². The lowest BCUT2D eigenvalue weighted by atomic mass is 10.2. The Labute approximate surface area is 100 Å². The average molecular weight is 242 g/mol. The quantitative estimate of drug-likeness (QED) is 0.826. The number of nitrogens with two attached hydrogens (primary N) is 1. The van der Waals surface area contributed by atoms with E-state index in [-0.39, 0.29) is 22.9 Å². The maximum Gasteiger partial charge on any atom is 0.254 e. The summed E-state index contributed by atoms with van der Waals surface area (Å²) in [6, 6.07) is 3.24. The molecule has 1 heterocycles. The smallest absolute Gasteiger partial charge is 0.254 e. The predicted octanol–water partition coefficient (Wildman–Crippen LogP) is 2.19. The molecular formula is C11H16ClN3O. The van der Waals surface area contributed by atoms with Gasteiger partial charge in [0.15, 0.2) is 0 Å². The summed E-state index contributed by atoms with van der Waals surface area (Å²) in [4.78, 5) is 17.5. The van der Waals surface area contributed by atoms with Gasteiger partial charge in [-0.1, -0.05) is 18.5 Å². The Hall–Kier alpha value is -1.29. The van der Waals surface area contributed by atoms with Gasteiger partial charge in [-0.2, -0.15) is 0 Å². The van der Waals surface area contributed by atoms with E-state index in [1.54, 1.807) is 11.9 Å². The van der Waals surface area contributed by atoms with Gasteiger partial charge < -0.3 is 10.6 Å². The van der Waals surface area contributed by atoms with Gasteiger partial charge in [-0.05, 0) is 25.5 Å². The van der Waals surface area contributed by atoms with Gasteiger partial charge in [0.1, 0.15) is 11.0 Å². The number of hydrogen-bond donors (Lipinski definition) is 1. The van der Waals surface area contributed by atoms with Gasteiger partial charge in [0.2, 0.25) is 0 Å². The third kappa shape index (κ3) is 2.85. The van der Waals surface area contributed by atoms with Crippen molar-refractivity contribution in [2.75, 3.05) is 12.8 Å². The number of carbonyl (C=O) groups is 1. The van der Waals surface area contributed by atoms with E-state index in [1.807, 2.05) is 13.8 Å². The first-order chi connectivity index (χ1) is 7.45. The number of nitrogen functional groups attached to an aromatic ring is 1. The van der Waals surface area contributed by atoms with Crippen LogP contribution in [-0.4, -0.2) is 28.9 Å². The van der Waals surface area contributed by atoms with Crippen molar-refractivity contribution < 1.29 is 4.79 Å². The molecule has 0 aliphatic heterocycles. The van der Waals surface area contributed by atoms with Crippen molar-refractivity contribution in [1.29, 1.82) is 0 Å². The molecule has 0 spiro atoms. The van der Waals surface area contributed by atoms with E-state index >= 15 is 0 Å². The molecule has 0 saturated heterocycles. The van der Waals surface area contributed by atoms with Crippen LogP contribution in [0.4, 0.5) is 5.82 Å². The molecule has 0 radical (unpaired) electrons. The van der Waals surface area contributed by atoms with Crippen molar-refractivity contribution >= 4 is 23.3 Å². The lowest BCUT2D eigenvalue weighted by Gasteiger charge is -2.23. The molecule has 0 aliphatic carbocycles. The molecule has 16 heavy (non-hydrogen) atoms. The number of pyridine rings is 1. The van der Waals surface area contributed by atoms with Crippen LogP contribution in [0.3, 0.4) is 0 Å². The highest BCUT2D eigenvalue weighted by Crippen LogP contribution is 2.15. The predicted molar refractivity (Wildman–Crippen MR) is 65.5 cm³/mol. The molecule has 4 nitrogen and oxygen atoms in total. The molecule has 0 aliphatic rings. The largest absolute Gasteiger partial charge is 0.384 e. The number of nitrogens with zero attached hydrogens (tertiary/aromatic N) is 2. The second-order valence-electron chi connectivity index (χ2n) is 3.78. The Kier molecular flexibility index (Phi) is 4.12. The van der Waals surface area contributed by atoms with Gasteiger partial charge >= 0.3 is 0 Å². The Morgan fingerprint density at radius 3 is 2.75 bits per heavy atom. The molecule has 1 aromatic rings. The van der Waals surface area contributed by atoms with Crippen LogP contribution < -0.4 is 5.73 Å². The zero-order valence-electron chi connectivity index (χ0n) is 9.70. The molecule has 1 rings (SSSR count). The second kappa shape index (κ2) is 5.16. The number of rotatable bonds is 3. The van der Waals surface area contributed by atoms with E-state index in [0.717, 1.165) is 6.42 Å². The maximum absolute atomic E-state index is 12.0. The molecule has 0 bridgehead atoms. The fraction of sp³-hybridized carbons (Fsp3) is 0.455. The molecule has 0 saturated carbocycles. The van der Waals surface area contributed by atoms with Crippen molar-refractivity contribution in [1.82, 2.24) is 9.88 Å². The minimum atomic E-state index is -0.0923. The molecule has 0 aromatic carbocycles. The fourth-order valence-electron chi connectivity index (χ4n) is 1.32. The first kappa shape index (κ1) is 12.8. The SMILES string of the molecule is CCC(C)N(C)C(=O)c1cc(N)nc(Cl)c1. The summed E-state index contributed by atoms with van der Waals surface area (Å²) in [7, 11) is 1.76. The maximum atomic E-state index is 12.0. The van der Waals surface area contributed by atoms with E-state index in [9.17, 15) is 4.79 Å². The summed E-state index contributed by atoms with van der Waals surface area (Å²) in [5.74, 6) is 0.166. The molecule has 1 unspecified atom stereocenters. The molecular weight excluding hydrogens is 226 g/mol. The molecule has 0 fully saturated rings. The number of anilines is 1. The Morgan fingerprint density at radius 1 is 1.62 bits per heavy atom. The molecule has 1 amide bonds. The van der Waals surface area contributed by atoms with Gasteiger partial charge in [0, 0.05) is 18.7 Å². The summed E-state index contributed by atoms with van der Waals surface area (Å²) < 4.78 is 0. The van der Waals surface area contributed by atoms with Crippen LogP contribution in [0, 0.1) is 0 Å². The van der Waals surface area contributed by atoms with Gasteiger partial charge in [-0.15, -0.1) is 0 Å². The van der Waals surface area contributed by atoms with E-state index in [4.69, 9.17) is 17.3 Å². The van der Waals surface area contributed by atoms with Crippen molar-refractivity contribution in [2.24, 2.45) is 0 Å². The van der Waals surface area contributed by atoms with Crippen molar-refractivity contribution in [3.8, 4) is 0 Å². The highest BCUT2D eigenvalue weighted by atomic mass is 35.5. The standard InChI is InChI=1S/C11H16ClN3O/c1-4-7(2)15(3)11(16)8-5-9(12)14-10(13)6-8/h5-7H,4H2,1-3H3,(H2,13,14). The number of aromatic nitrogens is 1. The summed E-state index contributed by atoms with van der Waals surface area (Å²) >= 11 is 5.75. The highest BCUT2D eigenvalue weighted by molar-refractivity contribution is 6.29. The number of halogens is 1. The molecule has 5 heteroatoms. The summed E-state index contributed by atoms with van der Waals surface area (Å²) in [5, 5.41) is 0.237. The zero-order valence-corrected chi connectivity index (χ0v) is 10.5. The molecule has 88 valence electrons. The van der Waals surface area contributed by atoms with Crippen LogP contribution >= 0.6 is 11.6 Å². The minimum absolute atomic E-state index is 0.0923. The average Bonchev–Trinajstić information content (AvgIpc) is 2.24. The molecule has 1 atom stereocenters. The summed E-state index contributed by atoms with van der Waals surface area (Å²) in [6.07, 6.45) is 0.899. The lowest BCUT2D eigenvalue weighted by molar-refractivity contribution is 0.0740. The third-order valence-corrected chi connectivity index (χ3v) is 2.83. The van der Waals surface area contributed by atoms with Crippen LogP contribution in [0.2, 0.25) is 5.15 Å². The number of hydrogen-bond acceptors (Lipinski definition) is 3. The fourth-order valence-corrected chi connectivity index (χ4v) is 1.53. The minimum Gasteiger partial charge on any atom is -0.384 e. The van der Waals surface area contributed by atoms with Gasteiger partial charge in [-0.25, -0.2) is 4.98 Å². The topological polar surface area (TPSA) is 59.2 Å². The van der Waals surface area contributed by atoms with Crippen molar-refractivity contribution in [2.45, 2.75) is 26.3 Å². The monoisotopic (exact) mass is 241 g/mol. The molecule has 2 N–H and O–H groups in total. The number of amides is 1. The van der Waals surface area contributed by atoms with E-state index < -0.39 is 0 Å². The van der Waals surface area contributed by atoms with Gasteiger partial charge in [0.25, 0.3) is 5.91 Å². The first-order valence-electron chi connectivity index (χ1n) is 5.16. The van der Waals surface area contributed by atoms with Crippen LogP contribution in [-0.2, 0) is 0 Å². The lowest BCUT2D eigenvalue weighted by Crippen LogP contribution is -2.34. The van der Waals surface area contributed by atoms with Gasteiger partial charge in [0.05, 0.1) is 0 Å². The highest BCUT2D eigenvalue weighted by Gasteiger charge is 2.17. The second-order valence-corrected chi connectivity index (χ2v) is 4.16. The third-order valence-electron chi connectivity index (χ3n) is 2.63. The van der Waals surface area contributed by atoms with Crippen molar-refractivity contribution in [3.05, 3.63) is 22.8 Å². The van der Waals surface area contributed by atoms with Crippen LogP contribution in [0.15, 0.2) is 12.1 Å². The van der Waals surface area contributed by atoms with Crippen molar-refractivity contribution in [3.63, 3.8) is 0 Å². The van der Waals surface area contributed by atoms with E-state index in [1.165, 1.54) is 12.1 Å². The van der Waals surface area contributed by atoms with Gasteiger partial charge in [-0.3, -0.25) is 4.79 Å². The Balaban J connectivity index is 2.96. The van der Waals surface area contributed by atoms with Crippen LogP contribution in [0.5, 0.6) is 0 Å². The summed E-state index contributed by atoms with van der Waals surface area (Å²) in [6.45, 7) is 4.02. The number of carbonyl (C=O) groups excluding carboxylic acids is 1. The first-order valence-corrected chi connectivity index (χ1v) is 5.53. The van der Waals surface area contributed by atoms with E-state index in [0.29, 0.717) is 5.56 Å². The Morgan fingerprint density at radius 2 is 2.25 bits per heavy atom. The molecule has 1 aromatic heterocycles. The normalized spacial score (nSPS) is 12.2. The Bertz CT molecular complexity index is 375. The van der Waals surface area contributed by atoms with E-state index in [2.05, 4.69) is 4.98 Å². The summed E-state index contributed by atoms with van der Waals surface area (Å²) in [5.41, 5.74) is 6.01.